The first kappa shape index (κ1) is 16.5. The number of Topliss-reactive ketones (excluding diaryl/α,β-unsaturated/α-hetero) is 1. The molecule has 0 aliphatic rings. The van der Waals surface area contributed by atoms with Gasteiger partial charge in [-0.25, -0.2) is 9.89 Å². The molecule has 1 heterocycles. The van der Waals surface area contributed by atoms with Crippen molar-refractivity contribution in [2.24, 2.45) is 5.41 Å². The molecule has 0 radical (unpaired) electrons. The summed E-state index contributed by atoms with van der Waals surface area (Å²) in [6.45, 7) is 6.22. The van der Waals surface area contributed by atoms with Crippen molar-refractivity contribution in [3.05, 3.63) is 46.4 Å². The number of nitrogens with one attached hydrogen (secondary N) is 1. The van der Waals surface area contributed by atoms with Crippen LogP contribution in [0.1, 0.15) is 26.3 Å². The van der Waals surface area contributed by atoms with Crippen molar-refractivity contribution >= 4 is 17.5 Å². The number of hydrogen-bond donors (Lipinski definition) is 1. The number of rotatable bonds is 6. The van der Waals surface area contributed by atoms with Gasteiger partial charge in [0, 0.05) is 12.0 Å². The van der Waals surface area contributed by atoms with Crippen LogP contribution in [0.4, 0.5) is 0 Å². The number of ketones is 1. The van der Waals surface area contributed by atoms with E-state index in [0.717, 1.165) is 12.0 Å². The normalized spacial score (nSPS) is 11.6. The van der Waals surface area contributed by atoms with Crippen LogP contribution < -0.4 is 5.69 Å². The van der Waals surface area contributed by atoms with Gasteiger partial charge in [0.2, 0.25) is 0 Å². The van der Waals surface area contributed by atoms with E-state index in [1.165, 1.54) is 11.8 Å². The quantitative estimate of drug-likeness (QED) is 0.831. The largest absolute Gasteiger partial charge is 0.343 e. The molecule has 0 saturated heterocycles. The molecule has 0 spiro atoms. The van der Waals surface area contributed by atoms with Crippen LogP contribution in [0.2, 0.25) is 0 Å². The molecule has 0 saturated carbocycles. The van der Waals surface area contributed by atoms with E-state index in [-0.39, 0.29) is 16.9 Å². The fourth-order valence-electron chi connectivity index (χ4n) is 1.84. The third kappa shape index (κ3) is 4.34. The maximum absolute atomic E-state index is 12.0. The summed E-state index contributed by atoms with van der Waals surface area (Å²) in [5.74, 6) is 0.460. The fourth-order valence-corrected chi connectivity index (χ4v) is 2.98. The van der Waals surface area contributed by atoms with E-state index in [9.17, 15) is 9.59 Å². The number of benzene rings is 1. The summed E-state index contributed by atoms with van der Waals surface area (Å²) in [6.07, 6.45) is 0.751. The van der Waals surface area contributed by atoms with Gasteiger partial charge in [0.25, 0.3) is 0 Å². The van der Waals surface area contributed by atoms with Crippen molar-refractivity contribution in [1.82, 2.24) is 14.8 Å². The van der Waals surface area contributed by atoms with Gasteiger partial charge in [-0.2, -0.15) is 0 Å². The fraction of sp³-hybridized carbons (Fsp3) is 0.438. The predicted octanol–water partition coefficient (Wildman–Crippen LogP) is 2.52. The molecule has 0 atom stereocenters. The van der Waals surface area contributed by atoms with Crippen LogP contribution in [0.25, 0.3) is 0 Å². The first-order valence-corrected chi connectivity index (χ1v) is 8.22. The van der Waals surface area contributed by atoms with E-state index in [2.05, 4.69) is 10.2 Å². The Hall–Kier alpha value is -1.82. The lowest BCUT2D eigenvalue weighted by molar-refractivity contribution is -0.123. The Bertz CT molecular complexity index is 683. The molecule has 1 N–H and O–H groups in total. The van der Waals surface area contributed by atoms with Gasteiger partial charge in [0.05, 0.1) is 5.75 Å². The van der Waals surface area contributed by atoms with Crippen molar-refractivity contribution in [1.29, 1.82) is 0 Å². The molecule has 0 fully saturated rings. The van der Waals surface area contributed by atoms with E-state index >= 15 is 0 Å². The Morgan fingerprint density at radius 2 is 1.95 bits per heavy atom. The maximum atomic E-state index is 12.0. The predicted molar refractivity (Wildman–Crippen MR) is 88.2 cm³/mol. The van der Waals surface area contributed by atoms with E-state index < -0.39 is 0 Å². The molecule has 2 rings (SSSR count). The molecule has 0 amide bonds. The molecule has 0 bridgehead atoms. The monoisotopic (exact) mass is 319 g/mol. The SMILES string of the molecule is CC(C)(C)C(=O)CSc1n[nH]c(=O)n1CCc1ccccc1. The molecule has 22 heavy (non-hydrogen) atoms. The van der Waals surface area contributed by atoms with E-state index in [4.69, 9.17) is 0 Å². The van der Waals surface area contributed by atoms with Crippen LogP contribution in [0.15, 0.2) is 40.3 Å². The van der Waals surface area contributed by atoms with E-state index in [1.54, 1.807) is 4.57 Å². The average Bonchev–Trinajstić information content (AvgIpc) is 2.83. The number of nitrogens with zero attached hydrogens (tertiary/aromatic N) is 2. The second-order valence-corrected chi connectivity index (χ2v) is 7.10. The average molecular weight is 319 g/mol. The van der Waals surface area contributed by atoms with Gasteiger partial charge in [0.1, 0.15) is 5.78 Å². The molecule has 0 aliphatic carbocycles. The minimum Gasteiger partial charge on any atom is -0.298 e. The Balaban J connectivity index is 2.02. The van der Waals surface area contributed by atoms with Crippen molar-refractivity contribution in [2.45, 2.75) is 38.9 Å². The van der Waals surface area contributed by atoms with E-state index in [1.807, 2.05) is 51.1 Å². The topological polar surface area (TPSA) is 67.8 Å². The maximum Gasteiger partial charge on any atom is 0.343 e. The van der Waals surface area contributed by atoms with E-state index in [0.29, 0.717) is 17.5 Å². The number of carbonyl (C=O) groups excluding carboxylic acids is 1. The molecular formula is C16H21N3O2S. The van der Waals surface area contributed by atoms with Gasteiger partial charge in [0.15, 0.2) is 5.16 Å². The summed E-state index contributed by atoms with van der Waals surface area (Å²) in [5.41, 5.74) is 0.553. The van der Waals surface area contributed by atoms with Crippen LogP contribution in [-0.4, -0.2) is 26.3 Å². The lowest BCUT2D eigenvalue weighted by atomic mass is 9.92. The number of H-pyrrole nitrogens is 1. The molecule has 0 unspecified atom stereocenters. The summed E-state index contributed by atoms with van der Waals surface area (Å²) in [5, 5.41) is 7.05. The molecular weight excluding hydrogens is 298 g/mol. The summed E-state index contributed by atoms with van der Waals surface area (Å²) >= 11 is 1.31. The van der Waals surface area contributed by atoms with Crippen LogP contribution in [-0.2, 0) is 17.8 Å². The molecule has 1 aromatic carbocycles. The van der Waals surface area contributed by atoms with Crippen molar-refractivity contribution < 1.29 is 4.79 Å². The standard InChI is InChI=1S/C16H21N3O2S/c1-16(2,3)13(20)11-22-15-18-17-14(21)19(15)10-9-12-7-5-4-6-8-12/h4-8H,9-11H2,1-3H3,(H,17,21). The summed E-state index contributed by atoms with van der Waals surface area (Å²) < 4.78 is 1.59. The number of aromatic amines is 1. The van der Waals surface area contributed by atoms with Gasteiger partial charge in [-0.15, -0.1) is 5.10 Å². The van der Waals surface area contributed by atoms with Gasteiger partial charge >= 0.3 is 5.69 Å². The second kappa shape index (κ2) is 6.96. The lowest BCUT2D eigenvalue weighted by Gasteiger charge is -2.15. The zero-order valence-electron chi connectivity index (χ0n) is 13.1. The molecule has 0 aliphatic heterocycles. The van der Waals surface area contributed by atoms with Crippen molar-refractivity contribution in [3.63, 3.8) is 0 Å². The highest BCUT2D eigenvalue weighted by Gasteiger charge is 2.22. The van der Waals surface area contributed by atoms with Crippen LogP contribution >= 0.6 is 11.8 Å². The molecule has 118 valence electrons. The highest BCUT2D eigenvalue weighted by Crippen LogP contribution is 2.21. The Morgan fingerprint density at radius 3 is 2.59 bits per heavy atom. The van der Waals surface area contributed by atoms with Gasteiger partial charge in [-0.3, -0.25) is 9.36 Å². The number of aryl methyl sites for hydroxylation is 1. The first-order valence-electron chi connectivity index (χ1n) is 7.23. The van der Waals surface area contributed by atoms with Crippen molar-refractivity contribution in [3.8, 4) is 0 Å². The Morgan fingerprint density at radius 1 is 1.27 bits per heavy atom. The minimum atomic E-state index is -0.377. The van der Waals surface area contributed by atoms with Crippen molar-refractivity contribution in [2.75, 3.05) is 5.75 Å². The number of aromatic nitrogens is 3. The van der Waals surface area contributed by atoms with Gasteiger partial charge in [-0.1, -0.05) is 62.9 Å². The Labute approximate surface area is 134 Å². The first-order chi connectivity index (χ1) is 10.4. The number of carbonyl (C=O) groups is 1. The summed E-state index contributed by atoms with van der Waals surface area (Å²) in [7, 11) is 0. The Kier molecular flexibility index (Phi) is 5.24. The van der Waals surface area contributed by atoms with Crippen LogP contribution in [0, 0.1) is 5.41 Å². The molecule has 6 heteroatoms. The third-order valence-corrected chi connectivity index (χ3v) is 4.34. The smallest absolute Gasteiger partial charge is 0.298 e. The zero-order chi connectivity index (χ0) is 16.2. The summed E-state index contributed by atoms with van der Waals surface area (Å²) in [4.78, 5) is 23.8. The van der Waals surface area contributed by atoms with Gasteiger partial charge in [-0.05, 0) is 12.0 Å². The van der Waals surface area contributed by atoms with Gasteiger partial charge < -0.3 is 0 Å². The molecule has 1 aromatic heterocycles. The highest BCUT2D eigenvalue weighted by molar-refractivity contribution is 7.99. The lowest BCUT2D eigenvalue weighted by Crippen LogP contribution is -2.23. The third-order valence-electron chi connectivity index (χ3n) is 3.36. The summed E-state index contributed by atoms with van der Waals surface area (Å²) in [6, 6.07) is 9.98. The zero-order valence-corrected chi connectivity index (χ0v) is 13.9. The van der Waals surface area contributed by atoms with Crippen LogP contribution in [0.3, 0.4) is 0 Å². The second-order valence-electron chi connectivity index (χ2n) is 6.16. The minimum absolute atomic E-state index is 0.141. The molecule has 2 aromatic rings. The number of thioether (sulfide) groups is 1. The molecule has 5 nitrogen and oxygen atoms in total. The number of hydrogen-bond acceptors (Lipinski definition) is 4. The highest BCUT2D eigenvalue weighted by atomic mass is 32.2. The van der Waals surface area contributed by atoms with Crippen LogP contribution in [0.5, 0.6) is 0 Å².